The van der Waals surface area contributed by atoms with Crippen LogP contribution in [-0.2, 0) is 19.1 Å². The van der Waals surface area contributed by atoms with Gasteiger partial charge in [0.1, 0.15) is 0 Å². The standard InChI is InChI=1S/C30H29BrF3N5O3/c1-4-24(17-5-6-17)36-29-37-25-15-38(27(41)19-9-12-23(31)22(14-19)30(32,33)34)16(2)13-21(25)28(42)39(29)20-10-7-18(8-11-20)26(40)35-3/h4,7-12,14,16-17,24H,1,5-6,13,15H2,2-3H3,(H,35,40)(H,36,37)/t16-,24-/m1/s1. The molecule has 0 unspecified atom stereocenters. The molecule has 1 aromatic heterocycles. The van der Waals surface area contributed by atoms with E-state index in [1.54, 1.807) is 37.3 Å². The van der Waals surface area contributed by atoms with Crippen molar-refractivity contribution in [2.45, 2.75) is 51.0 Å². The summed E-state index contributed by atoms with van der Waals surface area (Å²) < 4.78 is 41.8. The fourth-order valence-corrected chi connectivity index (χ4v) is 5.66. The third-order valence-corrected chi connectivity index (χ3v) is 8.38. The monoisotopic (exact) mass is 643 g/mol. The number of carbonyl (C=O) groups excluding carboxylic acids is 2. The van der Waals surface area contributed by atoms with E-state index in [1.807, 2.05) is 0 Å². The van der Waals surface area contributed by atoms with Crippen LogP contribution >= 0.6 is 15.9 Å². The van der Waals surface area contributed by atoms with Gasteiger partial charge in [-0.3, -0.25) is 14.4 Å². The van der Waals surface area contributed by atoms with Gasteiger partial charge in [-0.15, -0.1) is 6.58 Å². The molecule has 42 heavy (non-hydrogen) atoms. The number of anilines is 1. The van der Waals surface area contributed by atoms with Gasteiger partial charge < -0.3 is 15.5 Å². The van der Waals surface area contributed by atoms with E-state index in [1.165, 1.54) is 28.6 Å². The Morgan fingerprint density at radius 2 is 1.81 bits per heavy atom. The zero-order valence-corrected chi connectivity index (χ0v) is 24.6. The maximum Gasteiger partial charge on any atom is 0.417 e. The molecule has 2 amide bonds. The Morgan fingerprint density at radius 3 is 2.40 bits per heavy atom. The zero-order valence-electron chi connectivity index (χ0n) is 23.0. The van der Waals surface area contributed by atoms with Gasteiger partial charge in [0.2, 0.25) is 5.95 Å². The van der Waals surface area contributed by atoms with Crippen molar-refractivity contribution in [1.29, 1.82) is 0 Å². The molecule has 5 rings (SSSR count). The highest BCUT2D eigenvalue weighted by molar-refractivity contribution is 9.10. The molecule has 0 bridgehead atoms. The molecule has 0 saturated heterocycles. The number of halogens is 4. The number of carbonyl (C=O) groups is 2. The van der Waals surface area contributed by atoms with Crippen LogP contribution in [0, 0.1) is 5.92 Å². The minimum Gasteiger partial charge on any atom is -0.355 e. The van der Waals surface area contributed by atoms with Crippen molar-refractivity contribution in [3.8, 4) is 5.69 Å². The van der Waals surface area contributed by atoms with Crippen molar-refractivity contribution in [2.24, 2.45) is 5.92 Å². The predicted octanol–water partition coefficient (Wildman–Crippen LogP) is 5.34. The van der Waals surface area contributed by atoms with E-state index in [2.05, 4.69) is 33.1 Å². The van der Waals surface area contributed by atoms with Crippen LogP contribution < -0.4 is 16.2 Å². The lowest BCUT2D eigenvalue weighted by Gasteiger charge is -2.35. The zero-order chi connectivity index (χ0) is 30.3. The SMILES string of the molecule is C=C[C@@H](Nc1nc2c(c(=O)n1-c1ccc(C(=O)NC)cc1)C[C@@H](C)N(C(=O)c1ccc(Br)c(C(F)(F)F)c1)C2)C1CC1. The van der Waals surface area contributed by atoms with Gasteiger partial charge in [-0.1, -0.05) is 22.0 Å². The highest BCUT2D eigenvalue weighted by Gasteiger charge is 2.36. The molecule has 1 aliphatic carbocycles. The third kappa shape index (κ3) is 5.72. The molecular formula is C30H29BrF3N5O3. The van der Waals surface area contributed by atoms with Crippen molar-refractivity contribution in [3.05, 3.63) is 97.9 Å². The van der Waals surface area contributed by atoms with Gasteiger partial charge in [-0.25, -0.2) is 9.55 Å². The quantitative estimate of drug-likeness (QED) is 0.339. The van der Waals surface area contributed by atoms with E-state index in [4.69, 9.17) is 4.98 Å². The number of benzene rings is 2. The summed E-state index contributed by atoms with van der Waals surface area (Å²) >= 11 is 2.92. The average molecular weight is 644 g/mol. The molecule has 2 aromatic carbocycles. The van der Waals surface area contributed by atoms with Crippen molar-refractivity contribution in [3.63, 3.8) is 0 Å². The van der Waals surface area contributed by atoms with Crippen LogP contribution in [0.25, 0.3) is 5.69 Å². The van der Waals surface area contributed by atoms with Gasteiger partial charge >= 0.3 is 6.18 Å². The first kappa shape index (κ1) is 29.6. The van der Waals surface area contributed by atoms with Gasteiger partial charge in [0, 0.05) is 40.3 Å². The molecule has 2 heterocycles. The van der Waals surface area contributed by atoms with E-state index in [9.17, 15) is 27.6 Å². The normalized spacial score (nSPS) is 17.3. The molecule has 0 spiro atoms. The maximum atomic E-state index is 14.0. The maximum absolute atomic E-state index is 14.0. The summed E-state index contributed by atoms with van der Waals surface area (Å²) in [6.07, 6.45) is -0.685. The minimum absolute atomic E-state index is 0.0463. The number of amides is 2. The molecule has 1 fully saturated rings. The van der Waals surface area contributed by atoms with Crippen LogP contribution in [-0.4, -0.2) is 45.4 Å². The van der Waals surface area contributed by atoms with Crippen LogP contribution in [0.4, 0.5) is 19.1 Å². The molecule has 8 nitrogen and oxygen atoms in total. The molecule has 12 heteroatoms. The number of hydrogen-bond donors (Lipinski definition) is 2. The van der Waals surface area contributed by atoms with Crippen LogP contribution in [0.5, 0.6) is 0 Å². The third-order valence-electron chi connectivity index (χ3n) is 7.69. The van der Waals surface area contributed by atoms with Gasteiger partial charge in [0.05, 0.1) is 23.5 Å². The highest BCUT2D eigenvalue weighted by Crippen LogP contribution is 2.37. The lowest BCUT2D eigenvalue weighted by atomic mass is 9.98. The lowest BCUT2D eigenvalue weighted by molar-refractivity contribution is -0.138. The Labute approximate surface area is 248 Å². The van der Waals surface area contributed by atoms with Gasteiger partial charge in [-0.2, -0.15) is 13.2 Å². The molecule has 1 saturated carbocycles. The van der Waals surface area contributed by atoms with Gasteiger partial charge in [-0.05, 0) is 74.6 Å². The molecule has 0 radical (unpaired) electrons. The molecule has 2 aliphatic rings. The second kappa shape index (κ2) is 11.4. The van der Waals surface area contributed by atoms with Crippen molar-refractivity contribution in [1.82, 2.24) is 19.8 Å². The van der Waals surface area contributed by atoms with Crippen molar-refractivity contribution < 1.29 is 22.8 Å². The lowest BCUT2D eigenvalue weighted by Crippen LogP contribution is -2.46. The number of alkyl halides is 3. The first-order valence-electron chi connectivity index (χ1n) is 13.5. The first-order valence-corrected chi connectivity index (χ1v) is 14.3. The topological polar surface area (TPSA) is 96.3 Å². The number of nitrogens with one attached hydrogen (secondary N) is 2. The molecule has 2 atom stereocenters. The van der Waals surface area contributed by atoms with Gasteiger partial charge in [0.25, 0.3) is 17.4 Å². The van der Waals surface area contributed by atoms with E-state index in [-0.39, 0.29) is 46.5 Å². The smallest absolute Gasteiger partial charge is 0.355 e. The van der Waals surface area contributed by atoms with E-state index >= 15 is 0 Å². The summed E-state index contributed by atoms with van der Waals surface area (Å²) in [5.41, 5.74) is 0.356. The van der Waals surface area contributed by atoms with Crippen molar-refractivity contribution >= 4 is 33.7 Å². The number of fused-ring (bicyclic) bond motifs is 1. The summed E-state index contributed by atoms with van der Waals surface area (Å²) in [5.74, 6) is -0.243. The summed E-state index contributed by atoms with van der Waals surface area (Å²) in [6, 6.07) is 9.33. The fourth-order valence-electron chi connectivity index (χ4n) is 5.19. The molecule has 2 N–H and O–H groups in total. The molecule has 220 valence electrons. The minimum atomic E-state index is -4.63. The van der Waals surface area contributed by atoms with Crippen LogP contribution in [0.1, 0.15) is 57.3 Å². The summed E-state index contributed by atoms with van der Waals surface area (Å²) in [5, 5.41) is 5.90. The number of aromatic nitrogens is 2. The molecular weight excluding hydrogens is 615 g/mol. The van der Waals surface area contributed by atoms with E-state index < -0.39 is 23.7 Å². The number of nitrogens with zero attached hydrogens (tertiary/aromatic N) is 3. The largest absolute Gasteiger partial charge is 0.417 e. The summed E-state index contributed by atoms with van der Waals surface area (Å²) in [4.78, 5) is 45.8. The Balaban J connectivity index is 1.55. The first-order chi connectivity index (χ1) is 19.9. The Kier molecular flexibility index (Phi) is 8.02. The summed E-state index contributed by atoms with van der Waals surface area (Å²) in [7, 11) is 1.53. The van der Waals surface area contributed by atoms with Crippen LogP contribution in [0.3, 0.4) is 0 Å². The van der Waals surface area contributed by atoms with Gasteiger partial charge in [0.15, 0.2) is 0 Å². The average Bonchev–Trinajstić information content (AvgIpc) is 3.81. The van der Waals surface area contributed by atoms with E-state index in [0.29, 0.717) is 28.4 Å². The number of hydrogen-bond acceptors (Lipinski definition) is 5. The van der Waals surface area contributed by atoms with Crippen LogP contribution in [0.2, 0.25) is 0 Å². The Bertz CT molecular complexity index is 1620. The van der Waals surface area contributed by atoms with Crippen LogP contribution in [0.15, 0.2) is 64.4 Å². The van der Waals surface area contributed by atoms with Crippen molar-refractivity contribution in [2.75, 3.05) is 12.4 Å². The fraction of sp³-hybridized carbons (Fsp3) is 0.333. The Hall–Kier alpha value is -3.93. The summed E-state index contributed by atoms with van der Waals surface area (Å²) in [6.45, 7) is 5.62. The Morgan fingerprint density at radius 1 is 1.14 bits per heavy atom. The number of rotatable bonds is 7. The molecule has 1 aliphatic heterocycles. The predicted molar refractivity (Wildman–Crippen MR) is 156 cm³/mol. The van der Waals surface area contributed by atoms with E-state index in [0.717, 1.165) is 18.9 Å². The molecule has 3 aromatic rings. The second-order valence-electron chi connectivity index (χ2n) is 10.5. The highest BCUT2D eigenvalue weighted by atomic mass is 79.9. The second-order valence-corrected chi connectivity index (χ2v) is 11.4.